The molecule has 0 N–H and O–H groups in total. The average molecular weight is 361 g/mol. The summed E-state index contributed by atoms with van der Waals surface area (Å²) in [4.78, 5) is 13.8. The predicted octanol–water partition coefficient (Wildman–Crippen LogP) is 0.646. The van der Waals surface area contributed by atoms with Crippen LogP contribution < -0.4 is 0 Å². The lowest BCUT2D eigenvalue weighted by Crippen LogP contribution is -2.50. The van der Waals surface area contributed by atoms with Gasteiger partial charge in [-0.2, -0.15) is 4.31 Å². The van der Waals surface area contributed by atoms with Gasteiger partial charge in [-0.1, -0.05) is 23.4 Å². The second-order valence-electron chi connectivity index (χ2n) is 6.40. The highest BCUT2D eigenvalue weighted by Crippen LogP contribution is 2.27. The van der Waals surface area contributed by atoms with E-state index in [1.807, 2.05) is 6.20 Å². The van der Waals surface area contributed by atoms with Crippen molar-refractivity contribution in [2.75, 3.05) is 19.6 Å². The van der Waals surface area contributed by atoms with Crippen molar-refractivity contribution in [3.05, 3.63) is 42.2 Å². The summed E-state index contributed by atoms with van der Waals surface area (Å²) in [7, 11) is -3.44. The van der Waals surface area contributed by atoms with Crippen molar-refractivity contribution >= 4 is 15.9 Å². The molecule has 8 nitrogen and oxygen atoms in total. The summed E-state index contributed by atoms with van der Waals surface area (Å²) in [6, 6.07) is 8.40. The summed E-state index contributed by atoms with van der Waals surface area (Å²) in [6.07, 6.45) is 3.30. The van der Waals surface area contributed by atoms with Gasteiger partial charge in [-0.15, -0.1) is 5.10 Å². The Morgan fingerprint density at radius 3 is 2.60 bits per heavy atom. The largest absolute Gasteiger partial charge is 0.337 e. The molecule has 2 aliphatic heterocycles. The first kappa shape index (κ1) is 16.2. The van der Waals surface area contributed by atoms with Gasteiger partial charge in [0.2, 0.25) is 15.9 Å². The second-order valence-corrected chi connectivity index (χ2v) is 8.34. The molecule has 9 heteroatoms. The molecule has 4 rings (SSSR count). The Bertz CT molecular complexity index is 874. The number of carbonyl (C=O) groups excluding carboxylic acids is 1. The molecule has 1 aromatic heterocycles. The van der Waals surface area contributed by atoms with Crippen LogP contribution in [0.15, 0.2) is 41.4 Å². The smallest absolute Gasteiger partial charge is 0.243 e. The highest BCUT2D eigenvalue weighted by atomic mass is 32.2. The maximum absolute atomic E-state index is 12.5. The summed E-state index contributed by atoms with van der Waals surface area (Å²) in [6.45, 7) is 1.99. The Kier molecular flexibility index (Phi) is 4.04. The van der Waals surface area contributed by atoms with Gasteiger partial charge >= 0.3 is 0 Å². The minimum Gasteiger partial charge on any atom is -0.337 e. The minimum absolute atomic E-state index is 0.0194. The molecule has 132 valence electrons. The van der Waals surface area contributed by atoms with Gasteiger partial charge in [0.1, 0.15) is 5.69 Å². The summed E-state index contributed by atoms with van der Waals surface area (Å²) in [5.74, 6) is 0.151. The molecule has 0 spiro atoms. The molecule has 0 saturated carbocycles. The van der Waals surface area contributed by atoms with Gasteiger partial charge in [-0.25, -0.2) is 13.1 Å². The first-order valence-electron chi connectivity index (χ1n) is 8.28. The van der Waals surface area contributed by atoms with Gasteiger partial charge in [0, 0.05) is 26.1 Å². The highest BCUT2D eigenvalue weighted by molar-refractivity contribution is 7.89. The normalized spacial score (nSPS) is 19.4. The molecule has 1 amide bonds. The number of hydrogen-bond acceptors (Lipinski definition) is 5. The molecule has 3 heterocycles. The van der Waals surface area contributed by atoms with E-state index in [9.17, 15) is 13.2 Å². The van der Waals surface area contributed by atoms with Crippen LogP contribution in [-0.4, -0.2) is 58.2 Å². The molecule has 1 aromatic carbocycles. The number of amides is 1. The van der Waals surface area contributed by atoms with Crippen LogP contribution in [0.2, 0.25) is 0 Å². The zero-order chi connectivity index (χ0) is 17.4. The standard InChI is InChI=1S/C16H19N5O3S/c22-16-7-4-8-19(16)9-13-10-21(18-17-13)14-11-20(12-14)25(23,24)15-5-2-1-3-6-15/h1-3,5-6,10,14H,4,7-9,11-12H2. The summed E-state index contributed by atoms with van der Waals surface area (Å²) in [5.41, 5.74) is 0.736. The van der Waals surface area contributed by atoms with Crippen LogP contribution in [0.5, 0.6) is 0 Å². The van der Waals surface area contributed by atoms with E-state index in [-0.39, 0.29) is 11.9 Å². The van der Waals surface area contributed by atoms with Crippen LogP contribution in [-0.2, 0) is 21.4 Å². The van der Waals surface area contributed by atoms with Crippen molar-refractivity contribution < 1.29 is 13.2 Å². The zero-order valence-electron chi connectivity index (χ0n) is 13.7. The van der Waals surface area contributed by atoms with E-state index < -0.39 is 10.0 Å². The molecular weight excluding hydrogens is 342 g/mol. The van der Waals surface area contributed by atoms with Crippen LogP contribution in [0.25, 0.3) is 0 Å². The van der Waals surface area contributed by atoms with Gasteiger partial charge in [0.15, 0.2) is 0 Å². The second kappa shape index (κ2) is 6.23. The van der Waals surface area contributed by atoms with Crippen molar-refractivity contribution in [3.8, 4) is 0 Å². The molecule has 0 unspecified atom stereocenters. The molecule has 25 heavy (non-hydrogen) atoms. The molecule has 2 aliphatic rings. The Labute approximate surface area is 146 Å². The molecule has 0 atom stereocenters. The van der Waals surface area contributed by atoms with E-state index in [4.69, 9.17) is 0 Å². The Balaban J connectivity index is 1.39. The molecule has 0 bridgehead atoms. The number of benzene rings is 1. The van der Waals surface area contributed by atoms with Crippen molar-refractivity contribution in [1.82, 2.24) is 24.2 Å². The number of sulfonamides is 1. The minimum atomic E-state index is -3.44. The van der Waals surface area contributed by atoms with E-state index in [2.05, 4.69) is 10.3 Å². The first-order valence-corrected chi connectivity index (χ1v) is 9.72. The Hall–Kier alpha value is -2.26. The van der Waals surface area contributed by atoms with Gasteiger partial charge in [0.05, 0.1) is 23.7 Å². The fourth-order valence-electron chi connectivity index (χ4n) is 3.15. The number of likely N-dealkylation sites (tertiary alicyclic amines) is 1. The fraction of sp³-hybridized carbons (Fsp3) is 0.438. The van der Waals surface area contributed by atoms with Crippen LogP contribution in [0.1, 0.15) is 24.6 Å². The highest BCUT2D eigenvalue weighted by Gasteiger charge is 2.38. The molecule has 0 radical (unpaired) electrons. The van der Waals surface area contributed by atoms with E-state index in [1.54, 1.807) is 39.9 Å². The average Bonchev–Trinajstić information content (AvgIpc) is 3.17. The zero-order valence-corrected chi connectivity index (χ0v) is 14.5. The van der Waals surface area contributed by atoms with Crippen molar-refractivity contribution in [1.29, 1.82) is 0 Å². The topological polar surface area (TPSA) is 88.4 Å². The van der Waals surface area contributed by atoms with Crippen molar-refractivity contribution in [2.24, 2.45) is 0 Å². The third-order valence-electron chi connectivity index (χ3n) is 4.67. The third-order valence-corrected chi connectivity index (χ3v) is 6.51. The molecule has 2 saturated heterocycles. The number of nitrogens with zero attached hydrogens (tertiary/aromatic N) is 5. The van der Waals surface area contributed by atoms with Gasteiger partial charge in [-0.05, 0) is 18.6 Å². The van der Waals surface area contributed by atoms with E-state index in [0.717, 1.165) is 18.7 Å². The predicted molar refractivity (Wildman–Crippen MR) is 88.9 cm³/mol. The van der Waals surface area contributed by atoms with E-state index >= 15 is 0 Å². The molecular formula is C16H19N5O3S. The monoisotopic (exact) mass is 361 g/mol. The quantitative estimate of drug-likeness (QED) is 0.780. The Morgan fingerprint density at radius 1 is 1.16 bits per heavy atom. The summed E-state index contributed by atoms with van der Waals surface area (Å²) in [5, 5.41) is 8.22. The number of hydrogen-bond donors (Lipinski definition) is 0. The number of rotatable bonds is 5. The van der Waals surface area contributed by atoms with Crippen LogP contribution >= 0.6 is 0 Å². The maximum Gasteiger partial charge on any atom is 0.243 e. The Morgan fingerprint density at radius 2 is 1.92 bits per heavy atom. The van der Waals surface area contributed by atoms with Crippen LogP contribution in [0.3, 0.4) is 0 Å². The number of carbonyl (C=O) groups is 1. The maximum atomic E-state index is 12.5. The summed E-state index contributed by atoms with van der Waals surface area (Å²) < 4.78 is 28.1. The van der Waals surface area contributed by atoms with Crippen molar-refractivity contribution in [3.63, 3.8) is 0 Å². The lowest BCUT2D eigenvalue weighted by atomic mass is 10.2. The lowest BCUT2D eigenvalue weighted by Gasteiger charge is -2.37. The van der Waals surface area contributed by atoms with Gasteiger partial charge in [0.25, 0.3) is 0 Å². The molecule has 2 fully saturated rings. The third kappa shape index (κ3) is 3.05. The summed E-state index contributed by atoms with van der Waals surface area (Å²) >= 11 is 0. The molecule has 0 aliphatic carbocycles. The molecule has 2 aromatic rings. The fourth-order valence-corrected chi connectivity index (χ4v) is 4.69. The lowest BCUT2D eigenvalue weighted by molar-refractivity contribution is -0.128. The first-order chi connectivity index (χ1) is 12.0. The SMILES string of the molecule is O=C1CCCN1Cc1cn(C2CN(S(=O)(=O)c3ccccc3)C2)nn1. The van der Waals surface area contributed by atoms with Gasteiger partial charge in [-0.3, -0.25) is 4.79 Å². The van der Waals surface area contributed by atoms with E-state index in [1.165, 1.54) is 4.31 Å². The number of aromatic nitrogens is 3. The van der Waals surface area contributed by atoms with E-state index in [0.29, 0.717) is 31.0 Å². The van der Waals surface area contributed by atoms with Crippen LogP contribution in [0, 0.1) is 0 Å². The van der Waals surface area contributed by atoms with Crippen molar-refractivity contribution in [2.45, 2.75) is 30.3 Å². The van der Waals surface area contributed by atoms with Gasteiger partial charge < -0.3 is 4.90 Å². The van der Waals surface area contributed by atoms with Crippen LogP contribution in [0.4, 0.5) is 0 Å².